The molecule has 0 spiro atoms. The van der Waals surface area contributed by atoms with Crippen molar-refractivity contribution in [1.29, 1.82) is 0 Å². The highest BCUT2D eigenvalue weighted by atomic mass is 32.3. The maximum atomic E-state index is 11.1. The summed E-state index contributed by atoms with van der Waals surface area (Å²) in [5.41, 5.74) is 1.85. The molecule has 6 heteroatoms. The van der Waals surface area contributed by atoms with Crippen molar-refractivity contribution in [3.63, 3.8) is 0 Å². The van der Waals surface area contributed by atoms with Crippen molar-refractivity contribution in [3.05, 3.63) is 29.8 Å². The fraction of sp³-hybridized carbons (Fsp3) is 0.333. The Kier molecular flexibility index (Phi) is 1.79. The number of anilines is 1. The summed E-state index contributed by atoms with van der Waals surface area (Å²) in [6.45, 7) is 0. The van der Waals surface area contributed by atoms with Crippen LogP contribution >= 0.6 is 0 Å². The van der Waals surface area contributed by atoms with Crippen LogP contribution in [0.5, 0.6) is 0 Å². The van der Waals surface area contributed by atoms with Crippen LogP contribution in [-0.4, -0.2) is 14.6 Å². The Hall–Kier alpha value is -1.11. The molecule has 0 amide bonds. The Morgan fingerprint density at radius 2 is 2.13 bits per heavy atom. The van der Waals surface area contributed by atoms with Gasteiger partial charge in [0.05, 0.1) is 5.69 Å². The van der Waals surface area contributed by atoms with Crippen LogP contribution in [-0.2, 0) is 25.3 Å². The van der Waals surface area contributed by atoms with E-state index in [4.69, 9.17) is 8.47 Å². The molecule has 1 saturated heterocycles. The highest BCUT2D eigenvalue weighted by Crippen LogP contribution is 2.36. The molecule has 1 aromatic carbocycles. The Balaban J connectivity index is 2.08. The number of hydroxylamine groups is 1. The van der Waals surface area contributed by atoms with Crippen LogP contribution in [0.2, 0.25) is 0 Å². The van der Waals surface area contributed by atoms with Gasteiger partial charge >= 0.3 is 10.4 Å². The Morgan fingerprint density at radius 1 is 1.33 bits per heavy atom. The predicted molar refractivity (Wildman–Crippen MR) is 52.1 cm³/mol. The second-order valence-electron chi connectivity index (χ2n) is 3.53. The molecule has 5 nitrogen and oxygen atoms in total. The van der Waals surface area contributed by atoms with Crippen molar-refractivity contribution in [2.24, 2.45) is 0 Å². The molecule has 1 unspecified atom stereocenters. The molecule has 2 aliphatic heterocycles. The van der Waals surface area contributed by atoms with Crippen molar-refractivity contribution in [2.45, 2.75) is 19.1 Å². The summed E-state index contributed by atoms with van der Waals surface area (Å²) in [4.78, 5) is 0. The maximum absolute atomic E-state index is 11.1. The highest BCUT2D eigenvalue weighted by molar-refractivity contribution is 7.82. The molecule has 0 aromatic heterocycles. The van der Waals surface area contributed by atoms with Crippen molar-refractivity contribution >= 4 is 16.1 Å². The summed E-state index contributed by atoms with van der Waals surface area (Å²) in [7, 11) is -3.85. The molecule has 0 N–H and O–H groups in total. The van der Waals surface area contributed by atoms with E-state index in [-0.39, 0.29) is 0 Å². The summed E-state index contributed by atoms with van der Waals surface area (Å²) >= 11 is 0. The molecule has 15 heavy (non-hydrogen) atoms. The third kappa shape index (κ3) is 1.41. The quantitative estimate of drug-likeness (QED) is 0.661. The SMILES string of the molecule is O=S1(=O)OC2CCc3ccccc3N2O1. The predicted octanol–water partition coefficient (Wildman–Crippen LogP) is 0.972. The van der Waals surface area contributed by atoms with Gasteiger partial charge in [0, 0.05) is 6.42 Å². The van der Waals surface area contributed by atoms with Crippen LogP contribution in [0.3, 0.4) is 0 Å². The molecule has 80 valence electrons. The van der Waals surface area contributed by atoms with Crippen molar-refractivity contribution < 1.29 is 16.9 Å². The summed E-state index contributed by atoms with van der Waals surface area (Å²) in [5.74, 6) is 0. The van der Waals surface area contributed by atoms with Gasteiger partial charge in [0.25, 0.3) is 0 Å². The third-order valence-corrected chi connectivity index (χ3v) is 3.35. The van der Waals surface area contributed by atoms with Gasteiger partial charge in [-0.25, -0.2) is 9.25 Å². The lowest BCUT2D eigenvalue weighted by atomic mass is 10.0. The number of nitrogens with zero attached hydrogens (tertiary/aromatic N) is 1. The van der Waals surface area contributed by atoms with Crippen LogP contribution in [0, 0.1) is 0 Å². The molecule has 1 fully saturated rings. The highest BCUT2D eigenvalue weighted by Gasteiger charge is 2.41. The number of hydrogen-bond donors (Lipinski definition) is 0. The van der Waals surface area contributed by atoms with E-state index >= 15 is 0 Å². The maximum Gasteiger partial charge on any atom is 0.423 e. The molecule has 2 heterocycles. The van der Waals surface area contributed by atoms with Crippen LogP contribution in [0.15, 0.2) is 24.3 Å². The van der Waals surface area contributed by atoms with Gasteiger partial charge in [0.15, 0.2) is 6.23 Å². The van der Waals surface area contributed by atoms with Gasteiger partial charge in [-0.05, 0) is 18.1 Å². The lowest BCUT2D eigenvalue weighted by Crippen LogP contribution is -2.33. The summed E-state index contributed by atoms with van der Waals surface area (Å²) in [5, 5.41) is 1.33. The van der Waals surface area contributed by atoms with Gasteiger partial charge in [-0.2, -0.15) is 8.42 Å². The average molecular weight is 227 g/mol. The molecule has 0 aliphatic carbocycles. The second-order valence-corrected chi connectivity index (χ2v) is 4.68. The monoisotopic (exact) mass is 227 g/mol. The smallest absolute Gasteiger partial charge is 0.219 e. The number of benzene rings is 1. The zero-order chi connectivity index (χ0) is 10.5. The number of para-hydroxylation sites is 1. The molecule has 3 rings (SSSR count). The van der Waals surface area contributed by atoms with E-state index in [2.05, 4.69) is 0 Å². The van der Waals surface area contributed by atoms with E-state index in [1.165, 1.54) is 5.06 Å². The molecule has 0 saturated carbocycles. The number of rotatable bonds is 0. The average Bonchev–Trinajstić information content (AvgIpc) is 2.52. The van der Waals surface area contributed by atoms with Gasteiger partial charge in [0.1, 0.15) is 0 Å². The van der Waals surface area contributed by atoms with Gasteiger partial charge in [-0.15, -0.1) is 4.28 Å². The van der Waals surface area contributed by atoms with E-state index in [0.717, 1.165) is 17.7 Å². The minimum atomic E-state index is -3.85. The fourth-order valence-corrected chi connectivity index (χ4v) is 2.77. The van der Waals surface area contributed by atoms with Gasteiger partial charge in [-0.1, -0.05) is 18.2 Å². The van der Waals surface area contributed by atoms with Crippen LogP contribution in [0.25, 0.3) is 0 Å². The number of fused-ring (bicyclic) bond motifs is 3. The minimum Gasteiger partial charge on any atom is -0.219 e. The molecule has 1 atom stereocenters. The first-order valence-corrected chi connectivity index (χ1v) is 5.99. The van der Waals surface area contributed by atoms with Crippen molar-refractivity contribution in [3.8, 4) is 0 Å². The van der Waals surface area contributed by atoms with Crippen LogP contribution in [0.1, 0.15) is 12.0 Å². The topological polar surface area (TPSA) is 55.8 Å². The minimum absolute atomic E-state index is 0.509. The van der Waals surface area contributed by atoms with Gasteiger partial charge in [0.2, 0.25) is 0 Å². The van der Waals surface area contributed by atoms with E-state index in [0.29, 0.717) is 6.42 Å². The van der Waals surface area contributed by atoms with Crippen molar-refractivity contribution in [2.75, 3.05) is 5.06 Å². The van der Waals surface area contributed by atoms with E-state index in [9.17, 15) is 8.42 Å². The lowest BCUT2D eigenvalue weighted by molar-refractivity contribution is 0.190. The largest absolute Gasteiger partial charge is 0.423 e. The number of aryl methyl sites for hydroxylation is 1. The summed E-state index contributed by atoms with van der Waals surface area (Å²) in [6, 6.07) is 7.55. The normalized spacial score (nSPS) is 27.2. The molecule has 0 bridgehead atoms. The number of hydrogen-bond acceptors (Lipinski definition) is 5. The van der Waals surface area contributed by atoms with Gasteiger partial charge < -0.3 is 0 Å². The summed E-state index contributed by atoms with van der Waals surface area (Å²) in [6.07, 6.45) is 0.914. The first-order chi connectivity index (χ1) is 7.16. The molecular formula is C9H9NO4S. The third-order valence-electron chi connectivity index (χ3n) is 2.55. The van der Waals surface area contributed by atoms with Crippen LogP contribution in [0.4, 0.5) is 5.69 Å². The van der Waals surface area contributed by atoms with Gasteiger partial charge in [-0.3, -0.25) is 0 Å². The Morgan fingerprint density at radius 3 is 3.00 bits per heavy atom. The van der Waals surface area contributed by atoms with Crippen LogP contribution < -0.4 is 5.06 Å². The van der Waals surface area contributed by atoms with E-state index in [1.807, 2.05) is 24.3 Å². The molecular weight excluding hydrogens is 218 g/mol. The first kappa shape index (κ1) is 9.14. The standard InChI is InChI=1S/C9H9NO4S/c11-15(12)13-9-6-5-7-3-1-2-4-8(7)10(9)14-15/h1-4,9H,5-6H2. The fourth-order valence-electron chi connectivity index (χ4n) is 1.92. The second kappa shape index (κ2) is 2.94. The zero-order valence-corrected chi connectivity index (χ0v) is 8.61. The van der Waals surface area contributed by atoms with E-state index in [1.54, 1.807) is 0 Å². The first-order valence-electron chi connectivity index (χ1n) is 4.66. The Bertz CT molecular complexity index is 499. The molecule has 0 radical (unpaired) electrons. The lowest BCUT2D eigenvalue weighted by Gasteiger charge is -2.27. The van der Waals surface area contributed by atoms with Crippen molar-refractivity contribution in [1.82, 2.24) is 0 Å². The molecule has 1 aromatic rings. The Labute approximate surface area is 87.5 Å². The van der Waals surface area contributed by atoms with E-state index < -0.39 is 16.6 Å². The molecule has 2 aliphatic rings. The zero-order valence-electron chi connectivity index (χ0n) is 7.79. The summed E-state index contributed by atoms with van der Waals surface area (Å²) < 4.78 is 31.8.